The maximum Gasteiger partial charge on any atom is 0.166 e. The summed E-state index contributed by atoms with van der Waals surface area (Å²) in [5.41, 5.74) is 0.979. The number of methoxy groups -OCH3 is 1. The number of unbranched alkanes of at least 4 members (excludes halogenated alkanes) is 1. The average Bonchev–Trinajstić information content (AvgIpc) is 2.40. The van der Waals surface area contributed by atoms with E-state index in [2.05, 4.69) is 5.32 Å². The van der Waals surface area contributed by atoms with E-state index in [1.54, 1.807) is 13.2 Å². The quantitative estimate of drug-likeness (QED) is 0.689. The van der Waals surface area contributed by atoms with Gasteiger partial charge >= 0.3 is 0 Å². The minimum absolute atomic E-state index is 0.0678. The van der Waals surface area contributed by atoms with Gasteiger partial charge in [0.15, 0.2) is 11.5 Å². The number of hydrogen-bond donors (Lipinski definition) is 2. The molecule has 0 atom stereocenters. The second-order valence-corrected chi connectivity index (χ2v) is 5.31. The maximum absolute atomic E-state index is 8.75. The number of ether oxygens (including phenoxy) is 2. The van der Waals surface area contributed by atoms with Gasteiger partial charge in [-0.05, 0) is 39.3 Å². The number of nitrogens with one attached hydrogen (secondary N) is 1. The SMILES string of the molecule is COc1cc(Cl)cc(CNCCCCO)c1OC(C)C. The summed E-state index contributed by atoms with van der Waals surface area (Å²) in [5.74, 6) is 1.39. The average molecular weight is 302 g/mol. The van der Waals surface area contributed by atoms with Gasteiger partial charge in [-0.1, -0.05) is 11.6 Å². The summed E-state index contributed by atoms with van der Waals surface area (Å²) in [6.07, 6.45) is 1.81. The van der Waals surface area contributed by atoms with E-state index in [-0.39, 0.29) is 12.7 Å². The largest absolute Gasteiger partial charge is 0.493 e. The molecule has 2 N–H and O–H groups in total. The van der Waals surface area contributed by atoms with Gasteiger partial charge in [0.25, 0.3) is 0 Å². The summed E-state index contributed by atoms with van der Waals surface area (Å²) < 4.78 is 11.2. The van der Waals surface area contributed by atoms with Gasteiger partial charge < -0.3 is 19.9 Å². The van der Waals surface area contributed by atoms with Crippen LogP contribution in [0.3, 0.4) is 0 Å². The van der Waals surface area contributed by atoms with Crippen LogP contribution in [0.2, 0.25) is 5.02 Å². The van der Waals surface area contributed by atoms with Crippen LogP contribution < -0.4 is 14.8 Å². The van der Waals surface area contributed by atoms with Crippen LogP contribution in [0.15, 0.2) is 12.1 Å². The molecule has 0 saturated heterocycles. The fraction of sp³-hybridized carbons (Fsp3) is 0.600. The van der Waals surface area contributed by atoms with E-state index in [4.69, 9.17) is 26.2 Å². The minimum atomic E-state index is 0.0678. The van der Waals surface area contributed by atoms with Crippen molar-refractivity contribution in [2.75, 3.05) is 20.3 Å². The molecule has 0 aliphatic rings. The normalized spacial score (nSPS) is 10.9. The first-order chi connectivity index (χ1) is 9.58. The minimum Gasteiger partial charge on any atom is -0.493 e. The van der Waals surface area contributed by atoms with Gasteiger partial charge in [-0.25, -0.2) is 0 Å². The van der Waals surface area contributed by atoms with Crippen molar-refractivity contribution >= 4 is 11.6 Å². The van der Waals surface area contributed by atoms with E-state index in [0.717, 1.165) is 30.7 Å². The number of rotatable bonds is 9. The van der Waals surface area contributed by atoms with Gasteiger partial charge in [-0.3, -0.25) is 0 Å². The van der Waals surface area contributed by atoms with Crippen LogP contribution in [0, 0.1) is 0 Å². The molecule has 1 aromatic rings. The highest BCUT2D eigenvalue weighted by molar-refractivity contribution is 6.30. The summed E-state index contributed by atoms with van der Waals surface area (Å²) in [4.78, 5) is 0. The number of aliphatic hydroxyl groups excluding tert-OH is 1. The summed E-state index contributed by atoms with van der Waals surface area (Å²) in [5, 5.41) is 12.7. The molecule has 4 nitrogen and oxygen atoms in total. The van der Waals surface area contributed by atoms with Crippen molar-refractivity contribution in [3.63, 3.8) is 0 Å². The Balaban J connectivity index is 2.78. The second-order valence-electron chi connectivity index (χ2n) is 4.87. The van der Waals surface area contributed by atoms with E-state index >= 15 is 0 Å². The number of hydrogen-bond acceptors (Lipinski definition) is 4. The first-order valence-electron chi connectivity index (χ1n) is 6.93. The van der Waals surface area contributed by atoms with Crippen LogP contribution in [0.4, 0.5) is 0 Å². The predicted octanol–water partition coefficient (Wildman–Crippen LogP) is 3.00. The monoisotopic (exact) mass is 301 g/mol. The molecule has 114 valence electrons. The van der Waals surface area contributed by atoms with Crippen LogP contribution in [0.5, 0.6) is 11.5 Å². The van der Waals surface area contributed by atoms with Crippen molar-refractivity contribution in [3.8, 4) is 11.5 Å². The van der Waals surface area contributed by atoms with E-state index < -0.39 is 0 Å². The van der Waals surface area contributed by atoms with Crippen molar-refractivity contribution in [1.29, 1.82) is 0 Å². The molecule has 1 aromatic carbocycles. The lowest BCUT2D eigenvalue weighted by Gasteiger charge is -2.18. The Bertz CT molecular complexity index is 410. The van der Waals surface area contributed by atoms with Gasteiger partial charge in [0.05, 0.1) is 13.2 Å². The zero-order chi connectivity index (χ0) is 15.0. The van der Waals surface area contributed by atoms with Crippen LogP contribution >= 0.6 is 11.6 Å². The number of aliphatic hydroxyl groups is 1. The third-order valence-corrected chi connectivity index (χ3v) is 2.97. The lowest BCUT2D eigenvalue weighted by molar-refractivity contribution is 0.227. The van der Waals surface area contributed by atoms with Gasteiger partial charge in [-0.2, -0.15) is 0 Å². The Morgan fingerprint density at radius 3 is 2.65 bits per heavy atom. The molecule has 5 heteroatoms. The van der Waals surface area contributed by atoms with Gasteiger partial charge in [-0.15, -0.1) is 0 Å². The highest BCUT2D eigenvalue weighted by Crippen LogP contribution is 2.35. The highest BCUT2D eigenvalue weighted by Gasteiger charge is 2.14. The van der Waals surface area contributed by atoms with Crippen molar-refractivity contribution < 1.29 is 14.6 Å². The Labute approximate surface area is 126 Å². The molecule has 0 unspecified atom stereocenters. The van der Waals surface area contributed by atoms with Crippen molar-refractivity contribution in [3.05, 3.63) is 22.7 Å². The molecular weight excluding hydrogens is 278 g/mol. The molecule has 20 heavy (non-hydrogen) atoms. The molecule has 0 bridgehead atoms. The Morgan fingerprint density at radius 2 is 2.05 bits per heavy atom. The van der Waals surface area contributed by atoms with E-state index in [1.165, 1.54) is 0 Å². The van der Waals surface area contributed by atoms with E-state index in [9.17, 15) is 0 Å². The second kappa shape index (κ2) is 9.06. The fourth-order valence-corrected chi connectivity index (χ4v) is 2.09. The molecule has 0 amide bonds. The third-order valence-electron chi connectivity index (χ3n) is 2.75. The standard InChI is InChI=1S/C15H24ClNO3/c1-11(2)20-15-12(10-17-6-4-5-7-18)8-13(16)9-14(15)19-3/h8-9,11,17-18H,4-7,10H2,1-3H3. The summed E-state index contributed by atoms with van der Waals surface area (Å²) >= 11 is 6.10. The van der Waals surface area contributed by atoms with E-state index in [1.807, 2.05) is 19.9 Å². The Hall–Kier alpha value is -0.970. The lowest BCUT2D eigenvalue weighted by Crippen LogP contribution is -2.17. The molecular formula is C15H24ClNO3. The van der Waals surface area contributed by atoms with Gasteiger partial charge in [0.2, 0.25) is 0 Å². The van der Waals surface area contributed by atoms with Crippen LogP contribution in [-0.4, -0.2) is 31.5 Å². The molecule has 0 radical (unpaired) electrons. The third kappa shape index (κ3) is 5.57. The van der Waals surface area contributed by atoms with Crippen LogP contribution in [-0.2, 0) is 6.54 Å². The topological polar surface area (TPSA) is 50.7 Å². The Kier molecular flexibility index (Phi) is 7.73. The molecule has 0 fully saturated rings. The predicted molar refractivity (Wildman–Crippen MR) is 81.8 cm³/mol. The number of benzene rings is 1. The zero-order valence-corrected chi connectivity index (χ0v) is 13.2. The molecule has 0 saturated carbocycles. The smallest absolute Gasteiger partial charge is 0.166 e. The number of halogens is 1. The van der Waals surface area contributed by atoms with Crippen LogP contribution in [0.1, 0.15) is 32.3 Å². The molecule has 0 aromatic heterocycles. The maximum atomic E-state index is 8.75. The van der Waals surface area contributed by atoms with Crippen molar-refractivity contribution in [2.45, 2.75) is 39.3 Å². The van der Waals surface area contributed by atoms with Crippen molar-refractivity contribution in [1.82, 2.24) is 5.32 Å². The van der Waals surface area contributed by atoms with Gasteiger partial charge in [0.1, 0.15) is 0 Å². The fourth-order valence-electron chi connectivity index (χ4n) is 1.86. The summed E-state index contributed by atoms with van der Waals surface area (Å²) in [6.45, 7) is 5.69. The zero-order valence-electron chi connectivity index (χ0n) is 12.4. The first-order valence-corrected chi connectivity index (χ1v) is 7.31. The molecule has 0 spiro atoms. The molecule has 1 rings (SSSR count). The first kappa shape index (κ1) is 17.1. The molecule has 0 aliphatic heterocycles. The summed E-state index contributed by atoms with van der Waals surface area (Å²) in [7, 11) is 1.61. The Morgan fingerprint density at radius 1 is 1.30 bits per heavy atom. The summed E-state index contributed by atoms with van der Waals surface area (Å²) in [6, 6.07) is 3.65. The molecule has 0 aliphatic carbocycles. The highest BCUT2D eigenvalue weighted by atomic mass is 35.5. The van der Waals surface area contributed by atoms with Crippen LogP contribution in [0.25, 0.3) is 0 Å². The van der Waals surface area contributed by atoms with E-state index in [0.29, 0.717) is 17.3 Å². The molecule has 0 heterocycles. The van der Waals surface area contributed by atoms with Gasteiger partial charge in [0, 0.05) is 29.8 Å². The lowest BCUT2D eigenvalue weighted by atomic mass is 10.1. The van der Waals surface area contributed by atoms with Crippen molar-refractivity contribution in [2.24, 2.45) is 0 Å².